The van der Waals surface area contributed by atoms with Gasteiger partial charge in [-0.3, -0.25) is 4.79 Å². The van der Waals surface area contributed by atoms with Gasteiger partial charge in [-0.25, -0.2) is 0 Å². The van der Waals surface area contributed by atoms with Crippen LogP contribution in [0.15, 0.2) is 35.1 Å². The Kier molecular flexibility index (Phi) is 4.53. The molecule has 1 aromatic heterocycles. The molecule has 2 aromatic rings. The minimum absolute atomic E-state index is 0.0246. The number of aromatic nitrogens is 1. The molecule has 0 saturated carbocycles. The van der Waals surface area contributed by atoms with Crippen molar-refractivity contribution in [2.45, 2.75) is 19.9 Å². The Morgan fingerprint density at radius 1 is 1.37 bits per heavy atom. The Balaban J connectivity index is 2.38. The number of pyridine rings is 1. The highest BCUT2D eigenvalue weighted by Crippen LogP contribution is 2.21. The smallest absolute Gasteiger partial charge is 0.252 e. The fourth-order valence-corrected chi connectivity index (χ4v) is 2.80. The highest BCUT2D eigenvalue weighted by atomic mass is 32.2. The largest absolute Gasteiger partial charge is 0.381 e. The quantitative estimate of drug-likeness (QED) is 0.911. The van der Waals surface area contributed by atoms with Crippen LogP contribution in [0.25, 0.3) is 10.9 Å². The van der Waals surface area contributed by atoms with Crippen molar-refractivity contribution in [1.82, 2.24) is 4.57 Å². The van der Waals surface area contributed by atoms with Gasteiger partial charge in [-0.05, 0) is 18.7 Å². The van der Waals surface area contributed by atoms with Crippen LogP contribution < -0.4 is 10.9 Å². The number of thioether (sulfide) groups is 1. The zero-order valence-electron chi connectivity index (χ0n) is 11.6. The molecule has 0 aliphatic rings. The molecule has 0 spiro atoms. The second kappa shape index (κ2) is 6.15. The lowest BCUT2D eigenvalue weighted by Crippen LogP contribution is -2.22. The van der Waals surface area contributed by atoms with E-state index in [-0.39, 0.29) is 5.56 Å². The van der Waals surface area contributed by atoms with Crippen molar-refractivity contribution in [2.75, 3.05) is 16.8 Å². The lowest BCUT2D eigenvalue weighted by Gasteiger charge is -2.17. The van der Waals surface area contributed by atoms with Crippen molar-refractivity contribution in [3.8, 4) is 0 Å². The first-order valence-corrected chi connectivity index (χ1v) is 7.72. The fraction of sp³-hybridized carbons (Fsp3) is 0.400. The van der Waals surface area contributed by atoms with Crippen LogP contribution in [0, 0.1) is 0 Å². The van der Waals surface area contributed by atoms with Crippen LogP contribution in [0.3, 0.4) is 0 Å². The standard InChI is InChI=1S/C15H20N2OS/c1-4-19-10-11(2)16-13-9-15(18)17(3)14-8-6-5-7-12(13)14/h5-9,11,16H,4,10H2,1-3H3. The van der Waals surface area contributed by atoms with E-state index in [4.69, 9.17) is 0 Å². The summed E-state index contributed by atoms with van der Waals surface area (Å²) < 4.78 is 1.69. The Hall–Kier alpha value is -1.42. The molecule has 102 valence electrons. The second-order valence-corrected chi connectivity index (χ2v) is 6.00. The SMILES string of the molecule is CCSCC(C)Nc1cc(=O)n(C)c2ccccc12. The van der Waals surface area contributed by atoms with Crippen LogP contribution >= 0.6 is 11.8 Å². The summed E-state index contributed by atoms with van der Waals surface area (Å²) in [6, 6.07) is 10.0. The number of anilines is 1. The summed E-state index contributed by atoms with van der Waals surface area (Å²) in [4.78, 5) is 12.0. The molecule has 1 aromatic carbocycles. The summed E-state index contributed by atoms with van der Waals surface area (Å²) in [5.41, 5.74) is 1.92. The van der Waals surface area contributed by atoms with Crippen molar-refractivity contribution >= 4 is 28.4 Å². The minimum Gasteiger partial charge on any atom is -0.381 e. The first-order valence-electron chi connectivity index (χ1n) is 6.56. The molecule has 4 heteroatoms. The molecule has 1 heterocycles. The van der Waals surface area contributed by atoms with E-state index in [0.717, 1.165) is 28.1 Å². The maximum atomic E-state index is 12.0. The molecule has 1 N–H and O–H groups in total. The predicted octanol–water partition coefficient (Wildman–Crippen LogP) is 3.09. The lowest BCUT2D eigenvalue weighted by molar-refractivity contribution is 0.891. The molecule has 0 aliphatic carbocycles. The molecular formula is C15H20N2OS. The van der Waals surface area contributed by atoms with E-state index in [1.54, 1.807) is 10.6 Å². The molecule has 19 heavy (non-hydrogen) atoms. The maximum absolute atomic E-state index is 12.0. The summed E-state index contributed by atoms with van der Waals surface area (Å²) in [7, 11) is 1.81. The monoisotopic (exact) mass is 276 g/mol. The van der Waals surface area contributed by atoms with Gasteiger partial charge < -0.3 is 9.88 Å². The van der Waals surface area contributed by atoms with Gasteiger partial charge in [-0.1, -0.05) is 25.1 Å². The fourth-order valence-electron chi connectivity index (χ4n) is 2.13. The predicted molar refractivity (Wildman–Crippen MR) is 85.3 cm³/mol. The van der Waals surface area contributed by atoms with Crippen molar-refractivity contribution < 1.29 is 0 Å². The average molecular weight is 276 g/mol. The minimum atomic E-state index is 0.0246. The Labute approximate surface area is 118 Å². The highest BCUT2D eigenvalue weighted by molar-refractivity contribution is 7.99. The molecule has 0 amide bonds. The van der Waals surface area contributed by atoms with Crippen molar-refractivity contribution in [3.05, 3.63) is 40.7 Å². The molecule has 0 bridgehead atoms. The van der Waals surface area contributed by atoms with Crippen molar-refractivity contribution in [3.63, 3.8) is 0 Å². The molecule has 1 atom stereocenters. The van der Waals surface area contributed by atoms with E-state index in [0.29, 0.717) is 6.04 Å². The molecule has 0 radical (unpaired) electrons. The van der Waals surface area contributed by atoms with E-state index in [1.165, 1.54) is 0 Å². The lowest BCUT2D eigenvalue weighted by atomic mass is 10.1. The number of aryl methyl sites for hydroxylation is 1. The first-order chi connectivity index (χ1) is 9.13. The van der Waals surface area contributed by atoms with Crippen LogP contribution in [0.1, 0.15) is 13.8 Å². The van der Waals surface area contributed by atoms with Crippen LogP contribution in [-0.2, 0) is 7.05 Å². The molecule has 0 saturated heterocycles. The first kappa shape index (κ1) is 14.0. The number of hydrogen-bond acceptors (Lipinski definition) is 3. The molecular weight excluding hydrogens is 256 g/mol. The van der Waals surface area contributed by atoms with Gasteiger partial charge in [0.25, 0.3) is 5.56 Å². The van der Waals surface area contributed by atoms with E-state index < -0.39 is 0 Å². The molecule has 1 unspecified atom stereocenters. The van der Waals surface area contributed by atoms with Crippen LogP contribution in [0.2, 0.25) is 0 Å². The zero-order valence-corrected chi connectivity index (χ0v) is 12.5. The third kappa shape index (κ3) is 3.13. The van der Waals surface area contributed by atoms with Crippen LogP contribution in [0.5, 0.6) is 0 Å². The number of benzene rings is 1. The zero-order chi connectivity index (χ0) is 13.8. The van der Waals surface area contributed by atoms with Gasteiger partial charge in [0.1, 0.15) is 0 Å². The maximum Gasteiger partial charge on any atom is 0.252 e. The van der Waals surface area contributed by atoms with Crippen LogP contribution in [-0.4, -0.2) is 22.1 Å². The van der Waals surface area contributed by atoms with Gasteiger partial charge in [0.05, 0.1) is 5.52 Å². The van der Waals surface area contributed by atoms with Gasteiger partial charge in [-0.15, -0.1) is 0 Å². The molecule has 3 nitrogen and oxygen atoms in total. The Morgan fingerprint density at radius 3 is 2.84 bits per heavy atom. The van der Waals surface area contributed by atoms with Gasteiger partial charge in [0.15, 0.2) is 0 Å². The van der Waals surface area contributed by atoms with Crippen molar-refractivity contribution in [1.29, 1.82) is 0 Å². The van der Waals surface area contributed by atoms with Gasteiger partial charge in [-0.2, -0.15) is 11.8 Å². The third-order valence-electron chi connectivity index (χ3n) is 3.13. The van der Waals surface area contributed by atoms with E-state index in [9.17, 15) is 4.79 Å². The summed E-state index contributed by atoms with van der Waals surface area (Å²) in [6.07, 6.45) is 0. The third-order valence-corrected chi connectivity index (χ3v) is 4.27. The van der Waals surface area contributed by atoms with Crippen molar-refractivity contribution in [2.24, 2.45) is 7.05 Å². The second-order valence-electron chi connectivity index (χ2n) is 4.68. The number of nitrogens with zero attached hydrogens (tertiary/aromatic N) is 1. The average Bonchev–Trinajstić information content (AvgIpc) is 2.42. The van der Waals surface area contributed by atoms with Gasteiger partial charge in [0, 0.05) is 36.0 Å². The summed E-state index contributed by atoms with van der Waals surface area (Å²) in [6.45, 7) is 4.31. The van der Waals surface area contributed by atoms with Gasteiger partial charge in [0.2, 0.25) is 0 Å². The topological polar surface area (TPSA) is 34.0 Å². The molecule has 0 fully saturated rings. The number of rotatable bonds is 5. The van der Waals surface area contributed by atoms with E-state index in [1.807, 2.05) is 37.0 Å². The number of nitrogens with one attached hydrogen (secondary N) is 1. The van der Waals surface area contributed by atoms with E-state index >= 15 is 0 Å². The summed E-state index contributed by atoms with van der Waals surface area (Å²) in [5, 5.41) is 4.55. The number of para-hydroxylation sites is 1. The molecule has 2 rings (SSSR count). The number of fused-ring (bicyclic) bond motifs is 1. The normalized spacial score (nSPS) is 12.6. The number of hydrogen-bond donors (Lipinski definition) is 1. The van der Waals surface area contributed by atoms with Crippen LogP contribution in [0.4, 0.5) is 5.69 Å². The Morgan fingerprint density at radius 2 is 2.11 bits per heavy atom. The molecule has 0 aliphatic heterocycles. The van der Waals surface area contributed by atoms with Gasteiger partial charge >= 0.3 is 0 Å². The highest BCUT2D eigenvalue weighted by Gasteiger charge is 2.08. The Bertz CT molecular complexity index is 621. The summed E-state index contributed by atoms with van der Waals surface area (Å²) >= 11 is 1.90. The van der Waals surface area contributed by atoms with E-state index in [2.05, 4.69) is 25.2 Å². The summed E-state index contributed by atoms with van der Waals surface area (Å²) in [5.74, 6) is 2.16.